The molecule has 0 unspecified atom stereocenters. The van der Waals surface area contributed by atoms with Crippen LogP contribution in [-0.4, -0.2) is 25.9 Å². The maximum Gasteiger partial charge on any atom is 0.237 e. The van der Waals surface area contributed by atoms with Crippen molar-refractivity contribution in [3.8, 4) is 5.69 Å². The van der Waals surface area contributed by atoms with Crippen molar-refractivity contribution in [1.82, 2.24) is 14.8 Å². The number of benzene rings is 2. The van der Waals surface area contributed by atoms with E-state index in [1.165, 1.54) is 36.0 Å². The minimum atomic E-state index is -0.381. The Balaban J connectivity index is 1.48. The zero-order chi connectivity index (χ0) is 18.8. The number of halogens is 1. The summed E-state index contributed by atoms with van der Waals surface area (Å²) in [7, 11) is 0. The second-order valence-corrected chi connectivity index (χ2v) is 7.84. The van der Waals surface area contributed by atoms with Crippen LogP contribution in [0.5, 0.6) is 0 Å². The molecule has 138 valence electrons. The third-order valence-corrected chi connectivity index (χ3v) is 5.27. The Bertz CT molecular complexity index is 938. The number of para-hydroxylation sites is 1. The molecule has 4 rings (SSSR count). The lowest BCUT2D eigenvalue weighted by molar-refractivity contribution is -0.115. The molecule has 1 aromatic heterocycles. The Morgan fingerprint density at radius 1 is 1.19 bits per heavy atom. The summed E-state index contributed by atoms with van der Waals surface area (Å²) in [6.45, 7) is 1.81. The van der Waals surface area contributed by atoms with Gasteiger partial charge in [0, 0.05) is 11.6 Å². The van der Waals surface area contributed by atoms with E-state index >= 15 is 0 Å². The van der Waals surface area contributed by atoms with E-state index in [1.54, 1.807) is 0 Å². The van der Waals surface area contributed by atoms with Crippen molar-refractivity contribution in [3.63, 3.8) is 0 Å². The van der Waals surface area contributed by atoms with Crippen LogP contribution in [0, 0.1) is 5.82 Å². The lowest BCUT2D eigenvalue weighted by Gasteiger charge is -2.10. The Morgan fingerprint density at radius 2 is 1.89 bits per heavy atom. The first-order valence-corrected chi connectivity index (χ1v) is 9.73. The summed E-state index contributed by atoms with van der Waals surface area (Å²) in [6.07, 6.45) is 2.24. The van der Waals surface area contributed by atoms with Gasteiger partial charge in [-0.05, 0) is 56.2 Å². The summed E-state index contributed by atoms with van der Waals surface area (Å²) >= 11 is 1.32. The van der Waals surface area contributed by atoms with Gasteiger partial charge in [0.1, 0.15) is 11.6 Å². The highest BCUT2D eigenvalue weighted by Crippen LogP contribution is 2.40. The van der Waals surface area contributed by atoms with E-state index in [2.05, 4.69) is 15.4 Å². The summed E-state index contributed by atoms with van der Waals surface area (Å²) in [5, 5.41) is 7.62. The molecule has 1 aliphatic rings. The van der Waals surface area contributed by atoms with E-state index in [0.29, 0.717) is 16.8 Å². The summed E-state index contributed by atoms with van der Waals surface area (Å²) in [6, 6.07) is 15.6. The van der Waals surface area contributed by atoms with Gasteiger partial charge in [-0.15, -0.1) is 5.10 Å². The fourth-order valence-corrected chi connectivity index (χ4v) is 3.47. The number of carbonyl (C=O) groups is 1. The number of hydrogen-bond donors (Lipinski definition) is 1. The fourth-order valence-electron chi connectivity index (χ4n) is 2.71. The minimum absolute atomic E-state index is 0.171. The van der Waals surface area contributed by atoms with Gasteiger partial charge in [0.25, 0.3) is 0 Å². The van der Waals surface area contributed by atoms with Gasteiger partial charge in [-0.1, -0.05) is 30.0 Å². The molecule has 0 aliphatic heterocycles. The largest absolute Gasteiger partial charge is 0.325 e. The standard InChI is InChI=1S/C20H19FN4OS/c1-13(19(26)22-16-11-9-15(21)10-12-16)27-20-23-18(14-7-8-14)25(24-20)17-5-3-2-4-6-17/h2-6,9-14H,7-8H2,1H3,(H,22,26)/t13-/m0/s1. The zero-order valence-corrected chi connectivity index (χ0v) is 15.6. The van der Waals surface area contributed by atoms with E-state index in [4.69, 9.17) is 0 Å². The highest BCUT2D eigenvalue weighted by Gasteiger charge is 2.31. The summed E-state index contributed by atoms with van der Waals surface area (Å²) in [4.78, 5) is 17.1. The van der Waals surface area contributed by atoms with Crippen LogP contribution in [0.1, 0.15) is 31.5 Å². The maximum absolute atomic E-state index is 13.0. The van der Waals surface area contributed by atoms with Gasteiger partial charge in [-0.25, -0.2) is 14.1 Å². The van der Waals surface area contributed by atoms with Gasteiger partial charge in [0.15, 0.2) is 0 Å². The van der Waals surface area contributed by atoms with Crippen LogP contribution >= 0.6 is 11.8 Å². The van der Waals surface area contributed by atoms with E-state index in [9.17, 15) is 9.18 Å². The normalized spacial score (nSPS) is 14.7. The molecule has 7 heteroatoms. The number of hydrogen-bond acceptors (Lipinski definition) is 4. The van der Waals surface area contributed by atoms with Gasteiger partial charge in [0.05, 0.1) is 10.9 Å². The maximum atomic E-state index is 13.0. The SMILES string of the molecule is C[C@H](Sc1nc(C2CC2)n(-c2ccccc2)n1)C(=O)Nc1ccc(F)cc1. The smallest absolute Gasteiger partial charge is 0.237 e. The van der Waals surface area contributed by atoms with Crippen molar-refractivity contribution in [2.24, 2.45) is 0 Å². The van der Waals surface area contributed by atoms with E-state index < -0.39 is 0 Å². The van der Waals surface area contributed by atoms with E-state index in [-0.39, 0.29) is 17.0 Å². The third-order valence-electron chi connectivity index (χ3n) is 4.32. The molecule has 5 nitrogen and oxygen atoms in total. The lowest BCUT2D eigenvalue weighted by Crippen LogP contribution is -2.22. The van der Waals surface area contributed by atoms with E-state index in [0.717, 1.165) is 24.4 Å². The van der Waals surface area contributed by atoms with Crippen LogP contribution in [-0.2, 0) is 4.79 Å². The van der Waals surface area contributed by atoms with Gasteiger partial charge in [-0.3, -0.25) is 4.79 Å². The second-order valence-electron chi connectivity index (χ2n) is 6.53. The van der Waals surface area contributed by atoms with Crippen LogP contribution in [0.4, 0.5) is 10.1 Å². The number of nitrogens with one attached hydrogen (secondary N) is 1. The molecule has 1 amide bonds. The number of thioether (sulfide) groups is 1. The number of nitrogens with zero attached hydrogens (tertiary/aromatic N) is 3. The molecule has 27 heavy (non-hydrogen) atoms. The molecule has 0 saturated heterocycles. The van der Waals surface area contributed by atoms with Gasteiger partial charge in [0.2, 0.25) is 11.1 Å². The van der Waals surface area contributed by atoms with Crippen molar-refractivity contribution < 1.29 is 9.18 Å². The molecule has 1 saturated carbocycles. The number of carbonyl (C=O) groups excluding carboxylic acids is 1. The summed E-state index contributed by atoms with van der Waals surface area (Å²) in [5.41, 5.74) is 1.54. The minimum Gasteiger partial charge on any atom is -0.325 e. The molecule has 1 aliphatic carbocycles. The number of aromatic nitrogens is 3. The van der Waals surface area contributed by atoms with Gasteiger partial charge < -0.3 is 5.32 Å². The van der Waals surface area contributed by atoms with Crippen LogP contribution in [0.2, 0.25) is 0 Å². The van der Waals surface area contributed by atoms with Crippen LogP contribution in [0.25, 0.3) is 5.69 Å². The first-order chi connectivity index (χ1) is 13.1. The molecule has 1 fully saturated rings. The van der Waals surface area contributed by atoms with Crippen molar-refractivity contribution in [2.45, 2.75) is 36.1 Å². The Morgan fingerprint density at radius 3 is 2.56 bits per heavy atom. The highest BCUT2D eigenvalue weighted by atomic mass is 32.2. The fraction of sp³-hybridized carbons (Fsp3) is 0.250. The quantitative estimate of drug-likeness (QED) is 0.642. The van der Waals surface area contributed by atoms with Crippen molar-refractivity contribution in [2.75, 3.05) is 5.32 Å². The summed E-state index contributed by atoms with van der Waals surface area (Å²) in [5.74, 6) is 0.888. The van der Waals surface area contributed by atoms with Gasteiger partial charge >= 0.3 is 0 Å². The molecule has 2 aromatic carbocycles. The molecule has 0 bridgehead atoms. The Labute approximate surface area is 161 Å². The molecule has 1 atom stereocenters. The number of rotatable bonds is 6. The lowest BCUT2D eigenvalue weighted by atomic mass is 10.3. The number of anilines is 1. The first kappa shape index (κ1) is 17.7. The average Bonchev–Trinajstić information content (AvgIpc) is 3.44. The number of amides is 1. The van der Waals surface area contributed by atoms with Crippen LogP contribution < -0.4 is 5.32 Å². The predicted molar refractivity (Wildman–Crippen MR) is 104 cm³/mol. The molecular weight excluding hydrogens is 363 g/mol. The Hall–Kier alpha value is -2.67. The Kier molecular flexibility index (Phi) is 4.94. The molecule has 3 aromatic rings. The van der Waals surface area contributed by atoms with E-state index in [1.807, 2.05) is 41.9 Å². The van der Waals surface area contributed by atoms with Crippen LogP contribution in [0.3, 0.4) is 0 Å². The summed E-state index contributed by atoms with van der Waals surface area (Å²) < 4.78 is 14.9. The van der Waals surface area contributed by atoms with Crippen LogP contribution in [0.15, 0.2) is 59.8 Å². The molecule has 1 heterocycles. The van der Waals surface area contributed by atoms with Crippen molar-refractivity contribution in [3.05, 3.63) is 66.2 Å². The average molecular weight is 382 g/mol. The van der Waals surface area contributed by atoms with Crippen molar-refractivity contribution in [1.29, 1.82) is 0 Å². The molecular formula is C20H19FN4OS. The van der Waals surface area contributed by atoms with Crippen molar-refractivity contribution >= 4 is 23.4 Å². The first-order valence-electron chi connectivity index (χ1n) is 8.85. The topological polar surface area (TPSA) is 59.8 Å². The molecule has 0 spiro atoms. The predicted octanol–water partition coefficient (Wildman–Crippen LogP) is 4.40. The van der Waals surface area contributed by atoms with Gasteiger partial charge in [-0.2, -0.15) is 0 Å². The molecule has 0 radical (unpaired) electrons. The highest BCUT2D eigenvalue weighted by molar-refractivity contribution is 8.00. The molecule has 1 N–H and O–H groups in total. The zero-order valence-electron chi connectivity index (χ0n) is 14.8. The third kappa shape index (κ3) is 4.19. The second kappa shape index (κ2) is 7.52. The monoisotopic (exact) mass is 382 g/mol.